The van der Waals surface area contributed by atoms with Gasteiger partial charge in [-0.05, 0) is 0 Å². The van der Waals surface area contributed by atoms with Gasteiger partial charge in [0.1, 0.15) is 0 Å². The molecule has 0 aliphatic carbocycles. The third-order valence-corrected chi connectivity index (χ3v) is 0. The predicted octanol–water partition coefficient (Wildman–Crippen LogP) is -0.411. The van der Waals surface area contributed by atoms with E-state index in [1.165, 1.54) is 9.12 Å². The molecule has 0 aromatic heterocycles. The average Bonchev–Trinajstić information content (AvgIpc) is 1.00. The van der Waals surface area contributed by atoms with Gasteiger partial charge in [0.15, 0.2) is 0 Å². The molecule has 0 bridgehead atoms. The van der Waals surface area contributed by atoms with E-state index in [1.54, 1.807) is 0 Å². The van der Waals surface area contributed by atoms with Gasteiger partial charge < -0.3 is 11.0 Å². The van der Waals surface area contributed by atoms with Crippen LogP contribution in [0.15, 0.2) is 0 Å². The van der Waals surface area contributed by atoms with Gasteiger partial charge in [0.2, 0.25) is 0 Å². The monoisotopic (exact) mass is 108 g/mol. The first-order valence-corrected chi connectivity index (χ1v) is 0.707. The molecule has 0 aliphatic rings. The molecule has 28 valence electrons. The molecule has 0 aliphatic heterocycles. The van der Waals surface area contributed by atoms with Crippen LogP contribution in [0.2, 0.25) is 0 Å². The molecule has 3 nitrogen and oxygen atoms in total. The smallest absolute Gasteiger partial charge is 2.00 e. The Kier molecular flexibility index (Phi) is 1800. The van der Waals surface area contributed by atoms with E-state index >= 15 is 0 Å². The molecule has 0 radical (unpaired) electrons. The van der Waals surface area contributed by atoms with E-state index in [0.717, 1.165) is 0 Å². The Balaban J connectivity index is -0.00000000167. The first-order valence-electron chi connectivity index (χ1n) is 0.236. The summed E-state index contributed by atoms with van der Waals surface area (Å²) in [7, 11) is 1.17. The second-order valence-electron chi connectivity index (χ2n) is 0. The van der Waals surface area contributed by atoms with Gasteiger partial charge in [-0.3, -0.25) is 0 Å². The van der Waals surface area contributed by atoms with Crippen LogP contribution in [-0.2, 0) is 15.5 Å². The van der Waals surface area contributed by atoms with E-state index in [2.05, 4.69) is 0 Å². The maximum Gasteiger partial charge on any atom is 3.00 e. The molecule has 1 atom stereocenters. The van der Waals surface area contributed by atoms with E-state index in [-0.39, 0.29) is 28.3 Å². The van der Waals surface area contributed by atoms with Crippen molar-refractivity contribution >= 4 is 26.5 Å². The van der Waals surface area contributed by atoms with Crippen LogP contribution in [0.4, 0.5) is 0 Å². The Hall–Kier alpha value is 0.552. The van der Waals surface area contributed by atoms with Crippen LogP contribution in [0.3, 0.4) is 0 Å². The van der Waals surface area contributed by atoms with Crippen molar-refractivity contribution < 1.29 is 15.5 Å². The maximum atomic E-state index is 8.17. The van der Waals surface area contributed by atoms with Gasteiger partial charge in [0, 0.05) is 0 Å². The zero-order valence-corrected chi connectivity index (χ0v) is 4.69. The second-order valence-corrected chi connectivity index (χ2v) is 0. The van der Waals surface area contributed by atoms with Crippen molar-refractivity contribution in [3.05, 3.63) is 0 Å². The SMILES string of the molecule is O=[PH2+].[Al+3].[O-2].[O-2]. The molecule has 0 amide bonds. The minimum Gasteiger partial charge on any atom is -2.00 e. The van der Waals surface area contributed by atoms with E-state index in [9.17, 15) is 0 Å². The van der Waals surface area contributed by atoms with Gasteiger partial charge >= 0.3 is 26.5 Å². The van der Waals surface area contributed by atoms with E-state index in [0.29, 0.717) is 0 Å². The molecule has 0 fully saturated rings. The molecule has 0 N–H and O–H groups in total. The fourth-order valence-corrected chi connectivity index (χ4v) is 0. The largest absolute Gasteiger partial charge is 3.00 e. The summed E-state index contributed by atoms with van der Waals surface area (Å²) >= 11 is 0. The molecule has 5 heavy (non-hydrogen) atoms. The minimum absolute atomic E-state index is 0. The van der Waals surface area contributed by atoms with Crippen molar-refractivity contribution in [3.8, 4) is 0 Å². The van der Waals surface area contributed by atoms with Crippen LogP contribution in [0, 0.1) is 0 Å². The molecule has 0 spiro atoms. The summed E-state index contributed by atoms with van der Waals surface area (Å²) in [4.78, 5) is 0. The van der Waals surface area contributed by atoms with E-state index in [1.807, 2.05) is 0 Å². The first-order chi connectivity index (χ1) is 1.00. The molecule has 0 rings (SSSR count). The van der Waals surface area contributed by atoms with Crippen molar-refractivity contribution in [3.63, 3.8) is 0 Å². The fourth-order valence-electron chi connectivity index (χ4n) is 0. The van der Waals surface area contributed by atoms with Crippen LogP contribution in [0.25, 0.3) is 0 Å². The first kappa shape index (κ1) is 47.7. The Bertz CT molecular complexity index is 6.85. The fraction of sp³-hybridized carbons (Fsp3) is 0. The summed E-state index contributed by atoms with van der Waals surface area (Å²) in [5, 5.41) is 0. The average molecular weight is 108 g/mol. The summed E-state index contributed by atoms with van der Waals surface area (Å²) in [6.45, 7) is 0. The third-order valence-electron chi connectivity index (χ3n) is 0. The van der Waals surface area contributed by atoms with Gasteiger partial charge in [-0.1, -0.05) is 4.57 Å². The van der Waals surface area contributed by atoms with Crippen molar-refractivity contribution in [2.24, 2.45) is 0 Å². The summed E-state index contributed by atoms with van der Waals surface area (Å²) in [5.74, 6) is 0. The minimum atomic E-state index is 0. The molecule has 0 aromatic carbocycles. The van der Waals surface area contributed by atoms with Gasteiger partial charge in [0.25, 0.3) is 0 Å². The molecule has 0 aromatic rings. The van der Waals surface area contributed by atoms with E-state index in [4.69, 9.17) is 4.57 Å². The summed E-state index contributed by atoms with van der Waals surface area (Å²) < 4.78 is 8.17. The van der Waals surface area contributed by atoms with Crippen LogP contribution >= 0.6 is 9.12 Å². The molecule has 0 saturated carbocycles. The summed E-state index contributed by atoms with van der Waals surface area (Å²) in [6, 6.07) is 0. The van der Waals surface area contributed by atoms with Crippen molar-refractivity contribution in [1.29, 1.82) is 0 Å². The molecule has 5 heteroatoms. The van der Waals surface area contributed by atoms with Crippen molar-refractivity contribution in [2.45, 2.75) is 0 Å². The van der Waals surface area contributed by atoms with Crippen LogP contribution in [0.5, 0.6) is 0 Å². The molecule has 1 unspecified atom stereocenters. The van der Waals surface area contributed by atoms with Gasteiger partial charge in [-0.15, -0.1) is 0 Å². The number of hydrogen-bond donors (Lipinski definition) is 0. The standard InChI is InChI=1S/Al.H2OP.2O/c;1-2;;/h;2H2;;/q+3;+1;2*-2. The maximum absolute atomic E-state index is 8.17. The Morgan fingerprint density at radius 3 is 1.00 bits per heavy atom. The van der Waals surface area contributed by atoms with Gasteiger partial charge in [-0.25, -0.2) is 0 Å². The molecule has 0 heterocycles. The topological polar surface area (TPSA) is 74.1 Å². The van der Waals surface area contributed by atoms with Gasteiger partial charge in [-0.2, -0.15) is 0 Å². The zero-order valence-electron chi connectivity index (χ0n) is 2.38. The molecular weight excluding hydrogens is 106 g/mol. The summed E-state index contributed by atoms with van der Waals surface area (Å²) in [6.07, 6.45) is 0. The predicted molar refractivity (Wildman–Crippen MR) is 17.5 cm³/mol. The number of hydrogen-bond acceptors (Lipinski definition) is 1. The van der Waals surface area contributed by atoms with Gasteiger partial charge in [0.05, 0.1) is 0 Å². The van der Waals surface area contributed by atoms with Crippen LogP contribution < -0.4 is 0 Å². The third kappa shape index (κ3) is 97.2. The molecular formula is H2AlO3P. The van der Waals surface area contributed by atoms with Crippen LogP contribution in [-0.4, -0.2) is 17.4 Å². The zero-order chi connectivity index (χ0) is 2.00. The Morgan fingerprint density at radius 2 is 1.00 bits per heavy atom. The van der Waals surface area contributed by atoms with Crippen molar-refractivity contribution in [2.75, 3.05) is 0 Å². The van der Waals surface area contributed by atoms with Crippen LogP contribution in [0.1, 0.15) is 0 Å². The Labute approximate surface area is 42.7 Å². The van der Waals surface area contributed by atoms with Crippen molar-refractivity contribution in [1.82, 2.24) is 0 Å². The normalized spacial score (nSPS) is 0.800. The number of rotatable bonds is 0. The quantitative estimate of drug-likeness (QED) is 0.307. The molecule has 0 saturated heterocycles. The Morgan fingerprint density at radius 1 is 1.00 bits per heavy atom. The van der Waals surface area contributed by atoms with E-state index < -0.39 is 0 Å². The summed E-state index contributed by atoms with van der Waals surface area (Å²) in [5.41, 5.74) is 0. The second kappa shape index (κ2) is 188.